The molecule has 9 heteroatoms. The highest BCUT2D eigenvalue weighted by molar-refractivity contribution is 8.18. The number of aliphatic imine (C=N–C) groups is 1. The van der Waals surface area contributed by atoms with Crippen molar-refractivity contribution in [3.05, 3.63) is 63.0 Å². The van der Waals surface area contributed by atoms with E-state index in [1.54, 1.807) is 48.5 Å². The normalized spacial score (nSPS) is 16.6. The minimum atomic E-state index is -1.05. The van der Waals surface area contributed by atoms with Crippen LogP contribution in [0.1, 0.15) is 5.56 Å². The maximum atomic E-state index is 12.1. The maximum absolute atomic E-state index is 12.1. The highest BCUT2D eigenvalue weighted by Gasteiger charge is 2.24. The van der Waals surface area contributed by atoms with Crippen LogP contribution in [0.2, 0.25) is 10.0 Å². The molecule has 1 fully saturated rings. The standard InChI is InChI=1S/C18H12Cl2N2O4S/c19-11-3-6-13(20)14(8-11)21-18-22-17(25)15(27-18)7-10-1-4-12(5-2-10)26-9-16(23)24/h1-8H,9H2,(H,23,24)(H,21,22,25)/b15-7+. The number of halogens is 2. The van der Waals surface area contributed by atoms with E-state index >= 15 is 0 Å². The van der Waals surface area contributed by atoms with E-state index in [0.717, 1.165) is 5.56 Å². The molecule has 27 heavy (non-hydrogen) atoms. The highest BCUT2D eigenvalue weighted by Crippen LogP contribution is 2.32. The first-order valence-electron chi connectivity index (χ1n) is 7.60. The number of carboxylic acids is 1. The van der Waals surface area contributed by atoms with Gasteiger partial charge in [-0.1, -0.05) is 35.3 Å². The largest absolute Gasteiger partial charge is 0.482 e. The van der Waals surface area contributed by atoms with Crippen LogP contribution in [0.3, 0.4) is 0 Å². The van der Waals surface area contributed by atoms with Crippen molar-refractivity contribution in [3.8, 4) is 5.75 Å². The van der Waals surface area contributed by atoms with Crippen LogP contribution in [0.25, 0.3) is 6.08 Å². The Balaban J connectivity index is 1.74. The van der Waals surface area contributed by atoms with Crippen molar-refractivity contribution in [3.63, 3.8) is 0 Å². The topological polar surface area (TPSA) is 88.0 Å². The maximum Gasteiger partial charge on any atom is 0.341 e. The van der Waals surface area contributed by atoms with Gasteiger partial charge in [-0.05, 0) is 53.7 Å². The predicted octanol–water partition coefficient (Wildman–Crippen LogP) is 4.35. The summed E-state index contributed by atoms with van der Waals surface area (Å²) in [6.45, 7) is -0.412. The molecule has 0 saturated carbocycles. The van der Waals surface area contributed by atoms with Crippen LogP contribution in [-0.4, -0.2) is 28.8 Å². The lowest BCUT2D eigenvalue weighted by Crippen LogP contribution is -2.19. The Kier molecular flexibility index (Phi) is 6.05. The number of carbonyl (C=O) groups is 2. The van der Waals surface area contributed by atoms with Crippen molar-refractivity contribution in [1.29, 1.82) is 0 Å². The van der Waals surface area contributed by atoms with Crippen LogP contribution in [-0.2, 0) is 9.59 Å². The van der Waals surface area contributed by atoms with Crippen molar-refractivity contribution in [2.24, 2.45) is 4.99 Å². The lowest BCUT2D eigenvalue weighted by Gasteiger charge is -2.03. The lowest BCUT2D eigenvalue weighted by molar-refractivity contribution is -0.139. The molecule has 2 aromatic carbocycles. The van der Waals surface area contributed by atoms with Gasteiger partial charge in [-0.3, -0.25) is 4.79 Å². The second-order valence-corrected chi connectivity index (χ2v) is 7.20. The first kappa shape index (κ1) is 19.3. The number of amides is 1. The van der Waals surface area contributed by atoms with Crippen molar-refractivity contribution in [2.45, 2.75) is 0 Å². The fraction of sp³-hybridized carbons (Fsp3) is 0.0556. The zero-order valence-corrected chi connectivity index (χ0v) is 15.9. The first-order valence-corrected chi connectivity index (χ1v) is 9.17. The Hall–Kier alpha value is -2.48. The Labute approximate surface area is 168 Å². The predicted molar refractivity (Wildman–Crippen MR) is 107 cm³/mol. The third kappa shape index (κ3) is 5.26. The fourth-order valence-electron chi connectivity index (χ4n) is 2.12. The number of carbonyl (C=O) groups excluding carboxylic acids is 1. The fourth-order valence-corrected chi connectivity index (χ4v) is 3.28. The molecule has 0 atom stereocenters. The molecule has 138 valence electrons. The average Bonchev–Trinajstić information content (AvgIpc) is 2.96. The van der Waals surface area contributed by atoms with Gasteiger partial charge in [-0.15, -0.1) is 0 Å². The summed E-state index contributed by atoms with van der Waals surface area (Å²) in [5.74, 6) is -0.893. The van der Waals surface area contributed by atoms with Gasteiger partial charge in [-0.25, -0.2) is 9.79 Å². The van der Waals surface area contributed by atoms with Gasteiger partial charge in [0.1, 0.15) is 5.75 Å². The lowest BCUT2D eigenvalue weighted by atomic mass is 10.2. The summed E-state index contributed by atoms with van der Waals surface area (Å²) in [4.78, 5) is 27.4. The van der Waals surface area contributed by atoms with Crippen LogP contribution in [0.5, 0.6) is 5.75 Å². The van der Waals surface area contributed by atoms with Gasteiger partial charge >= 0.3 is 5.97 Å². The highest BCUT2D eigenvalue weighted by atomic mass is 35.5. The van der Waals surface area contributed by atoms with Crippen LogP contribution in [0, 0.1) is 0 Å². The zero-order chi connectivity index (χ0) is 19.4. The summed E-state index contributed by atoms with van der Waals surface area (Å²) < 4.78 is 5.07. The number of aliphatic carboxylic acids is 1. The van der Waals surface area contributed by atoms with Gasteiger partial charge in [0, 0.05) is 5.02 Å². The Morgan fingerprint density at radius 2 is 1.96 bits per heavy atom. The number of amidine groups is 1. The molecule has 0 aromatic heterocycles. The summed E-state index contributed by atoms with van der Waals surface area (Å²) in [7, 11) is 0. The number of benzene rings is 2. The Morgan fingerprint density at radius 3 is 2.67 bits per heavy atom. The number of carboxylic acid groups (broad SMARTS) is 1. The number of hydrogen-bond donors (Lipinski definition) is 2. The van der Waals surface area contributed by atoms with Crippen LogP contribution >= 0.6 is 35.0 Å². The third-order valence-corrected chi connectivity index (χ3v) is 4.79. The molecule has 0 unspecified atom stereocenters. The molecule has 1 amide bonds. The van der Waals surface area contributed by atoms with Crippen LogP contribution < -0.4 is 10.1 Å². The number of hydrogen-bond acceptors (Lipinski definition) is 5. The minimum absolute atomic E-state index is 0.275. The molecule has 1 aliphatic heterocycles. The summed E-state index contributed by atoms with van der Waals surface area (Å²) in [6, 6.07) is 11.6. The van der Waals surface area contributed by atoms with E-state index in [4.69, 9.17) is 33.0 Å². The van der Waals surface area contributed by atoms with E-state index in [1.165, 1.54) is 11.8 Å². The quantitative estimate of drug-likeness (QED) is 0.699. The van der Waals surface area contributed by atoms with Gasteiger partial charge in [0.25, 0.3) is 5.91 Å². The van der Waals surface area contributed by atoms with E-state index in [0.29, 0.717) is 31.6 Å². The third-order valence-electron chi connectivity index (χ3n) is 3.32. The first-order chi connectivity index (χ1) is 12.9. The SMILES string of the molecule is O=C(O)COc1ccc(/C=C2/SC(=Nc3cc(Cl)ccc3Cl)NC2=O)cc1. The number of ether oxygens (including phenoxy) is 1. The molecule has 1 heterocycles. The van der Waals surface area contributed by atoms with E-state index < -0.39 is 12.6 Å². The molecular formula is C18H12Cl2N2O4S. The van der Waals surface area contributed by atoms with Crippen molar-refractivity contribution in [1.82, 2.24) is 5.32 Å². The molecule has 0 aliphatic carbocycles. The number of nitrogens with zero attached hydrogens (tertiary/aromatic N) is 1. The average molecular weight is 423 g/mol. The number of thioether (sulfide) groups is 1. The van der Waals surface area contributed by atoms with Gasteiger partial charge in [0.05, 0.1) is 15.6 Å². The molecule has 3 rings (SSSR count). The molecule has 0 radical (unpaired) electrons. The second-order valence-electron chi connectivity index (χ2n) is 5.33. The van der Waals surface area contributed by atoms with Crippen molar-refractivity contribution >= 4 is 63.8 Å². The Morgan fingerprint density at radius 1 is 1.22 bits per heavy atom. The number of rotatable bonds is 5. The van der Waals surface area contributed by atoms with Crippen LogP contribution in [0.4, 0.5) is 5.69 Å². The van der Waals surface area contributed by atoms with Gasteiger partial charge < -0.3 is 15.2 Å². The Bertz CT molecular complexity index is 958. The van der Waals surface area contributed by atoms with E-state index in [-0.39, 0.29) is 5.91 Å². The monoisotopic (exact) mass is 422 g/mol. The van der Waals surface area contributed by atoms with E-state index in [2.05, 4.69) is 10.3 Å². The van der Waals surface area contributed by atoms with E-state index in [9.17, 15) is 9.59 Å². The molecule has 0 bridgehead atoms. The zero-order valence-electron chi connectivity index (χ0n) is 13.6. The van der Waals surface area contributed by atoms with Crippen molar-refractivity contribution in [2.75, 3.05) is 6.61 Å². The smallest absolute Gasteiger partial charge is 0.341 e. The second kappa shape index (κ2) is 8.47. The summed E-state index contributed by atoms with van der Waals surface area (Å²) in [6.07, 6.45) is 1.70. The molecule has 0 spiro atoms. The van der Waals surface area contributed by atoms with Crippen molar-refractivity contribution < 1.29 is 19.4 Å². The van der Waals surface area contributed by atoms with Gasteiger partial charge in [0.2, 0.25) is 0 Å². The molecular weight excluding hydrogens is 411 g/mol. The summed E-state index contributed by atoms with van der Waals surface area (Å²) in [5, 5.41) is 12.6. The molecule has 1 aliphatic rings. The summed E-state index contributed by atoms with van der Waals surface area (Å²) >= 11 is 13.2. The van der Waals surface area contributed by atoms with Crippen LogP contribution in [0.15, 0.2) is 52.4 Å². The minimum Gasteiger partial charge on any atom is -0.482 e. The van der Waals surface area contributed by atoms with Gasteiger partial charge in [-0.2, -0.15) is 0 Å². The summed E-state index contributed by atoms with van der Waals surface area (Å²) in [5.41, 5.74) is 1.23. The number of nitrogens with one attached hydrogen (secondary N) is 1. The molecule has 1 saturated heterocycles. The molecule has 2 N–H and O–H groups in total. The van der Waals surface area contributed by atoms with E-state index in [1.807, 2.05) is 0 Å². The molecule has 2 aromatic rings. The molecule has 6 nitrogen and oxygen atoms in total. The van der Waals surface area contributed by atoms with Gasteiger partial charge in [0.15, 0.2) is 11.8 Å².